The molecule has 0 aromatic heterocycles. The van der Waals surface area contributed by atoms with Crippen molar-refractivity contribution in [2.45, 2.75) is 32.2 Å². The van der Waals surface area contributed by atoms with Crippen LogP contribution in [0.4, 0.5) is 0 Å². The normalized spacial score (nSPS) is 19.2. The Balaban J connectivity index is 1.44. The van der Waals surface area contributed by atoms with Crippen molar-refractivity contribution in [2.75, 3.05) is 32.8 Å². The van der Waals surface area contributed by atoms with Crippen LogP contribution >= 0.6 is 0 Å². The Kier molecular flexibility index (Phi) is 4.36. The highest BCUT2D eigenvalue weighted by atomic mass is 16.5. The molecule has 3 nitrogen and oxygen atoms in total. The van der Waals surface area contributed by atoms with Gasteiger partial charge in [0.2, 0.25) is 0 Å². The highest BCUT2D eigenvalue weighted by Crippen LogP contribution is 2.25. The van der Waals surface area contributed by atoms with E-state index in [2.05, 4.69) is 28.4 Å². The molecule has 1 saturated heterocycles. The van der Waals surface area contributed by atoms with Gasteiger partial charge in [-0.15, -0.1) is 0 Å². The quantitative estimate of drug-likeness (QED) is 0.821. The fourth-order valence-electron chi connectivity index (χ4n) is 3.00. The van der Waals surface area contributed by atoms with Gasteiger partial charge in [0.1, 0.15) is 5.75 Å². The maximum atomic E-state index is 5.64. The first-order valence-corrected chi connectivity index (χ1v) is 7.59. The molecule has 104 valence electrons. The summed E-state index contributed by atoms with van der Waals surface area (Å²) in [7, 11) is 0. The number of nitrogens with one attached hydrogen (secondary N) is 1. The molecule has 3 rings (SSSR count). The summed E-state index contributed by atoms with van der Waals surface area (Å²) < 4.78 is 5.64. The van der Waals surface area contributed by atoms with Crippen molar-refractivity contribution >= 4 is 0 Å². The maximum Gasteiger partial charge on any atom is 0.122 e. The minimum absolute atomic E-state index is 0.875. The second-order valence-corrected chi connectivity index (χ2v) is 5.62. The van der Waals surface area contributed by atoms with E-state index in [9.17, 15) is 0 Å². The van der Waals surface area contributed by atoms with Crippen LogP contribution in [0.5, 0.6) is 5.75 Å². The summed E-state index contributed by atoms with van der Waals surface area (Å²) in [5.41, 5.74) is 2.76. The average molecular weight is 260 g/mol. The summed E-state index contributed by atoms with van der Waals surface area (Å²) in [4.78, 5) is 2.55. The van der Waals surface area contributed by atoms with E-state index in [4.69, 9.17) is 4.74 Å². The average Bonchev–Trinajstić information content (AvgIpc) is 2.97. The van der Waals surface area contributed by atoms with Crippen LogP contribution in [0.25, 0.3) is 0 Å². The first kappa shape index (κ1) is 12.9. The molecule has 0 bridgehead atoms. The van der Waals surface area contributed by atoms with Crippen LogP contribution in [-0.4, -0.2) is 37.7 Å². The lowest BCUT2D eigenvalue weighted by molar-refractivity contribution is 0.288. The smallest absolute Gasteiger partial charge is 0.122 e. The van der Waals surface area contributed by atoms with Crippen molar-refractivity contribution in [3.63, 3.8) is 0 Å². The zero-order valence-electron chi connectivity index (χ0n) is 11.7. The van der Waals surface area contributed by atoms with E-state index in [1.54, 1.807) is 0 Å². The lowest BCUT2D eigenvalue weighted by Crippen LogP contribution is -2.29. The van der Waals surface area contributed by atoms with Crippen LogP contribution < -0.4 is 10.1 Å². The third-order valence-electron chi connectivity index (χ3n) is 4.11. The maximum absolute atomic E-state index is 5.64. The molecule has 1 aromatic carbocycles. The van der Waals surface area contributed by atoms with E-state index in [0.717, 1.165) is 38.3 Å². The molecule has 2 aliphatic rings. The van der Waals surface area contributed by atoms with Crippen molar-refractivity contribution < 1.29 is 4.74 Å². The molecule has 1 fully saturated rings. The molecular weight excluding hydrogens is 236 g/mol. The summed E-state index contributed by atoms with van der Waals surface area (Å²) in [5.74, 6) is 1.09. The molecule has 1 N–H and O–H groups in total. The summed E-state index contributed by atoms with van der Waals surface area (Å²) in [6.07, 6.45) is 5.07. The Morgan fingerprint density at radius 3 is 2.95 bits per heavy atom. The van der Waals surface area contributed by atoms with Gasteiger partial charge in [-0.3, -0.25) is 0 Å². The highest BCUT2D eigenvalue weighted by molar-refractivity contribution is 5.38. The Morgan fingerprint density at radius 2 is 2.05 bits per heavy atom. The van der Waals surface area contributed by atoms with Gasteiger partial charge in [0.25, 0.3) is 0 Å². The predicted molar refractivity (Wildman–Crippen MR) is 77.6 cm³/mol. The van der Waals surface area contributed by atoms with Crippen LogP contribution in [0.2, 0.25) is 0 Å². The third kappa shape index (κ3) is 3.48. The summed E-state index contributed by atoms with van der Waals surface area (Å²) in [6.45, 7) is 6.71. The Labute approximate surface area is 115 Å². The van der Waals surface area contributed by atoms with Gasteiger partial charge in [-0.1, -0.05) is 12.1 Å². The van der Waals surface area contributed by atoms with E-state index in [1.165, 1.54) is 43.6 Å². The Hall–Kier alpha value is -1.06. The van der Waals surface area contributed by atoms with Gasteiger partial charge in [0.15, 0.2) is 0 Å². The number of hydrogen-bond acceptors (Lipinski definition) is 3. The van der Waals surface area contributed by atoms with Gasteiger partial charge >= 0.3 is 0 Å². The SMILES string of the molecule is c1cc2c(cc1CNCCN1CCCC1)CCCO2. The minimum atomic E-state index is 0.875. The number of benzene rings is 1. The molecule has 0 unspecified atom stereocenters. The number of aryl methyl sites for hydroxylation is 1. The highest BCUT2D eigenvalue weighted by Gasteiger charge is 2.11. The molecule has 19 heavy (non-hydrogen) atoms. The van der Waals surface area contributed by atoms with E-state index < -0.39 is 0 Å². The number of nitrogens with zero attached hydrogens (tertiary/aromatic N) is 1. The molecule has 0 spiro atoms. The van der Waals surface area contributed by atoms with Crippen molar-refractivity contribution in [1.82, 2.24) is 10.2 Å². The lowest BCUT2D eigenvalue weighted by atomic mass is 10.0. The van der Waals surface area contributed by atoms with Crippen LogP contribution in [0.15, 0.2) is 18.2 Å². The molecule has 0 amide bonds. The van der Waals surface area contributed by atoms with Crippen molar-refractivity contribution in [2.24, 2.45) is 0 Å². The van der Waals surface area contributed by atoms with Crippen LogP contribution in [-0.2, 0) is 13.0 Å². The van der Waals surface area contributed by atoms with Gasteiger partial charge in [0, 0.05) is 19.6 Å². The molecule has 1 aromatic rings. The fourth-order valence-corrected chi connectivity index (χ4v) is 3.00. The second-order valence-electron chi connectivity index (χ2n) is 5.62. The summed E-state index contributed by atoms with van der Waals surface area (Å²) in [5, 5.41) is 3.55. The largest absolute Gasteiger partial charge is 0.493 e. The first-order valence-electron chi connectivity index (χ1n) is 7.59. The molecule has 0 aliphatic carbocycles. The van der Waals surface area contributed by atoms with Gasteiger partial charge in [-0.25, -0.2) is 0 Å². The second kappa shape index (κ2) is 6.40. The standard InChI is InChI=1S/C16H24N2O/c1-2-9-18(8-1)10-7-17-13-14-5-6-16-15(12-14)4-3-11-19-16/h5-6,12,17H,1-4,7-11,13H2. The number of fused-ring (bicyclic) bond motifs is 1. The predicted octanol–water partition coefficient (Wildman–Crippen LogP) is 2.20. The van der Waals surface area contributed by atoms with E-state index in [1.807, 2.05) is 0 Å². The lowest BCUT2D eigenvalue weighted by Gasteiger charge is -2.18. The molecule has 2 heterocycles. The third-order valence-corrected chi connectivity index (χ3v) is 4.11. The van der Waals surface area contributed by atoms with Gasteiger partial charge in [-0.05, 0) is 56.0 Å². The van der Waals surface area contributed by atoms with Crippen LogP contribution in [0, 0.1) is 0 Å². The number of hydrogen-bond donors (Lipinski definition) is 1. The van der Waals surface area contributed by atoms with Crippen LogP contribution in [0.3, 0.4) is 0 Å². The summed E-state index contributed by atoms with van der Waals surface area (Å²) >= 11 is 0. The van der Waals surface area contributed by atoms with Crippen LogP contribution in [0.1, 0.15) is 30.4 Å². The van der Waals surface area contributed by atoms with Crippen molar-refractivity contribution in [3.05, 3.63) is 29.3 Å². The number of ether oxygens (including phenoxy) is 1. The van der Waals surface area contributed by atoms with Gasteiger partial charge in [0.05, 0.1) is 6.61 Å². The van der Waals surface area contributed by atoms with E-state index in [0.29, 0.717) is 0 Å². The van der Waals surface area contributed by atoms with E-state index >= 15 is 0 Å². The topological polar surface area (TPSA) is 24.5 Å². The monoisotopic (exact) mass is 260 g/mol. The molecule has 0 radical (unpaired) electrons. The van der Waals surface area contributed by atoms with Gasteiger partial charge in [-0.2, -0.15) is 0 Å². The van der Waals surface area contributed by atoms with Crippen molar-refractivity contribution in [3.8, 4) is 5.75 Å². The zero-order valence-corrected chi connectivity index (χ0v) is 11.7. The molecule has 2 aliphatic heterocycles. The molecular formula is C16H24N2O. The fraction of sp³-hybridized carbons (Fsp3) is 0.625. The zero-order chi connectivity index (χ0) is 12.9. The molecule has 3 heteroatoms. The number of likely N-dealkylation sites (tertiary alicyclic amines) is 1. The first-order chi connectivity index (χ1) is 9.42. The van der Waals surface area contributed by atoms with Gasteiger partial charge < -0.3 is 15.0 Å². The minimum Gasteiger partial charge on any atom is -0.493 e. The van der Waals surface area contributed by atoms with Crippen molar-refractivity contribution in [1.29, 1.82) is 0 Å². The summed E-state index contributed by atoms with van der Waals surface area (Å²) in [6, 6.07) is 6.62. The molecule has 0 atom stereocenters. The van der Waals surface area contributed by atoms with E-state index in [-0.39, 0.29) is 0 Å². The number of rotatable bonds is 5. The Morgan fingerprint density at radius 1 is 1.16 bits per heavy atom. The Bertz CT molecular complexity index is 413. The molecule has 0 saturated carbocycles.